The van der Waals surface area contributed by atoms with E-state index in [9.17, 15) is 8.78 Å². The molecule has 2 atom stereocenters. The van der Waals surface area contributed by atoms with Crippen LogP contribution in [-0.4, -0.2) is 24.0 Å². The summed E-state index contributed by atoms with van der Waals surface area (Å²) in [5, 5.41) is 0. The summed E-state index contributed by atoms with van der Waals surface area (Å²) in [4.78, 5) is 2.12. The molecule has 1 heterocycles. The van der Waals surface area contributed by atoms with Crippen molar-refractivity contribution in [2.45, 2.75) is 39.3 Å². The second-order valence-corrected chi connectivity index (χ2v) is 6.17. The van der Waals surface area contributed by atoms with Gasteiger partial charge in [-0.15, -0.1) is 12.4 Å². The first-order valence-corrected chi connectivity index (χ1v) is 6.76. The van der Waals surface area contributed by atoms with Crippen LogP contribution >= 0.6 is 12.4 Å². The van der Waals surface area contributed by atoms with Crippen molar-refractivity contribution in [2.24, 2.45) is 11.1 Å². The van der Waals surface area contributed by atoms with Gasteiger partial charge < -0.3 is 5.73 Å². The Morgan fingerprint density at radius 3 is 2.35 bits per heavy atom. The molecule has 5 heteroatoms. The number of hydrogen-bond donors (Lipinski definition) is 1. The number of hydrogen-bond acceptors (Lipinski definition) is 2. The molecule has 2 rings (SSSR count). The first-order chi connectivity index (χ1) is 8.83. The Morgan fingerprint density at radius 1 is 1.30 bits per heavy atom. The van der Waals surface area contributed by atoms with Crippen LogP contribution in [-0.2, 0) is 0 Å². The number of likely N-dealkylation sites (tertiary alicyclic amines) is 1. The number of benzene rings is 1. The predicted molar refractivity (Wildman–Crippen MR) is 80.0 cm³/mol. The van der Waals surface area contributed by atoms with Crippen molar-refractivity contribution in [2.75, 3.05) is 13.1 Å². The monoisotopic (exact) mass is 304 g/mol. The number of nitrogens with two attached hydrogens (primary N) is 1. The number of piperidine rings is 1. The van der Waals surface area contributed by atoms with Crippen molar-refractivity contribution in [3.05, 3.63) is 35.4 Å². The molecule has 0 amide bonds. The molecule has 2 unspecified atom stereocenters. The van der Waals surface area contributed by atoms with Crippen LogP contribution in [0.15, 0.2) is 18.2 Å². The maximum absolute atomic E-state index is 13.8. The van der Waals surface area contributed by atoms with Crippen LogP contribution in [0.25, 0.3) is 0 Å². The minimum absolute atomic E-state index is 0. The third kappa shape index (κ3) is 3.30. The summed E-state index contributed by atoms with van der Waals surface area (Å²) >= 11 is 0. The molecule has 1 aliphatic heterocycles. The summed E-state index contributed by atoms with van der Waals surface area (Å²) < 4.78 is 27.7. The van der Waals surface area contributed by atoms with Gasteiger partial charge in [0.05, 0.1) is 0 Å². The van der Waals surface area contributed by atoms with E-state index in [4.69, 9.17) is 5.73 Å². The van der Waals surface area contributed by atoms with Crippen molar-refractivity contribution >= 4 is 12.4 Å². The molecule has 20 heavy (non-hydrogen) atoms. The van der Waals surface area contributed by atoms with Gasteiger partial charge in [0.2, 0.25) is 0 Å². The molecule has 2 N–H and O–H groups in total. The Kier molecular flexibility index (Phi) is 5.53. The first-order valence-electron chi connectivity index (χ1n) is 6.76. The Bertz CT molecular complexity index is 445. The van der Waals surface area contributed by atoms with Crippen LogP contribution in [0.1, 0.15) is 38.8 Å². The second-order valence-electron chi connectivity index (χ2n) is 6.17. The Morgan fingerprint density at radius 2 is 1.85 bits per heavy atom. The molecule has 1 saturated heterocycles. The van der Waals surface area contributed by atoms with Gasteiger partial charge in [0.25, 0.3) is 0 Å². The van der Waals surface area contributed by atoms with E-state index in [-0.39, 0.29) is 35.5 Å². The van der Waals surface area contributed by atoms with Crippen LogP contribution in [0.2, 0.25) is 0 Å². The van der Waals surface area contributed by atoms with E-state index in [1.165, 1.54) is 18.2 Å². The van der Waals surface area contributed by atoms with Gasteiger partial charge in [-0.25, -0.2) is 8.78 Å². The maximum atomic E-state index is 13.8. The smallest absolute Gasteiger partial charge is 0.130 e. The van der Waals surface area contributed by atoms with E-state index >= 15 is 0 Å². The third-order valence-corrected chi connectivity index (χ3v) is 4.31. The normalized spacial score (nSPS) is 24.0. The van der Waals surface area contributed by atoms with E-state index in [2.05, 4.69) is 18.7 Å². The molecule has 1 fully saturated rings. The quantitative estimate of drug-likeness (QED) is 0.906. The summed E-state index contributed by atoms with van der Waals surface area (Å²) in [6.45, 7) is 7.60. The van der Waals surface area contributed by atoms with E-state index in [0.29, 0.717) is 0 Å². The standard InChI is InChI=1S/C15H22F2N2.ClH/c1-10(14-11(16)5-4-6-12(14)17)19-8-7-13(18)15(2,3)9-19;/h4-6,10,13H,7-9,18H2,1-3H3;1H. The Labute approximate surface area is 125 Å². The van der Waals surface area contributed by atoms with Crippen LogP contribution in [0.4, 0.5) is 8.78 Å². The molecule has 0 aliphatic carbocycles. The zero-order valence-corrected chi connectivity index (χ0v) is 13.0. The fourth-order valence-electron chi connectivity index (χ4n) is 2.84. The Hall–Kier alpha value is -0.710. The van der Waals surface area contributed by atoms with Crippen LogP contribution in [0, 0.1) is 17.0 Å². The molecule has 0 aromatic heterocycles. The molecule has 1 aromatic carbocycles. The SMILES string of the molecule is CC(c1c(F)cccc1F)N1CCC(N)C(C)(C)C1.Cl. The minimum atomic E-state index is -0.472. The van der Waals surface area contributed by atoms with Crippen molar-refractivity contribution < 1.29 is 8.78 Å². The number of nitrogens with zero attached hydrogens (tertiary/aromatic N) is 1. The van der Waals surface area contributed by atoms with Gasteiger partial charge in [0.15, 0.2) is 0 Å². The lowest BCUT2D eigenvalue weighted by atomic mass is 9.79. The zero-order chi connectivity index (χ0) is 14.2. The van der Waals surface area contributed by atoms with Gasteiger partial charge in [-0.1, -0.05) is 19.9 Å². The van der Waals surface area contributed by atoms with Gasteiger partial charge >= 0.3 is 0 Å². The average Bonchev–Trinajstić information content (AvgIpc) is 2.32. The van der Waals surface area contributed by atoms with Crippen molar-refractivity contribution in [3.8, 4) is 0 Å². The summed E-state index contributed by atoms with van der Waals surface area (Å²) in [5.41, 5.74) is 6.23. The zero-order valence-electron chi connectivity index (χ0n) is 12.2. The molecule has 0 spiro atoms. The lowest BCUT2D eigenvalue weighted by molar-refractivity contribution is 0.0640. The third-order valence-electron chi connectivity index (χ3n) is 4.31. The molecule has 114 valence electrons. The summed E-state index contributed by atoms with van der Waals surface area (Å²) in [5.74, 6) is -0.944. The Balaban J connectivity index is 0.00000200. The van der Waals surface area contributed by atoms with E-state index < -0.39 is 11.6 Å². The lowest BCUT2D eigenvalue weighted by Gasteiger charge is -2.45. The van der Waals surface area contributed by atoms with E-state index in [1.54, 1.807) is 0 Å². The molecule has 2 nitrogen and oxygen atoms in total. The first kappa shape index (κ1) is 17.3. The van der Waals surface area contributed by atoms with Crippen LogP contribution in [0.5, 0.6) is 0 Å². The molecule has 0 saturated carbocycles. The maximum Gasteiger partial charge on any atom is 0.130 e. The fourth-order valence-corrected chi connectivity index (χ4v) is 2.84. The topological polar surface area (TPSA) is 29.3 Å². The molecule has 1 aliphatic rings. The highest BCUT2D eigenvalue weighted by atomic mass is 35.5. The minimum Gasteiger partial charge on any atom is -0.327 e. The molecule has 0 radical (unpaired) electrons. The highest BCUT2D eigenvalue weighted by Crippen LogP contribution is 2.34. The average molecular weight is 305 g/mol. The van der Waals surface area contributed by atoms with Crippen LogP contribution < -0.4 is 5.73 Å². The summed E-state index contributed by atoms with van der Waals surface area (Å²) in [7, 11) is 0. The number of halogens is 3. The summed E-state index contributed by atoms with van der Waals surface area (Å²) in [6, 6.07) is 3.90. The largest absolute Gasteiger partial charge is 0.327 e. The summed E-state index contributed by atoms with van der Waals surface area (Å²) in [6.07, 6.45) is 0.855. The van der Waals surface area contributed by atoms with Crippen molar-refractivity contribution in [3.63, 3.8) is 0 Å². The second kappa shape index (κ2) is 6.37. The van der Waals surface area contributed by atoms with Crippen LogP contribution in [0.3, 0.4) is 0 Å². The predicted octanol–water partition coefficient (Wildman–Crippen LogP) is 3.51. The van der Waals surface area contributed by atoms with E-state index in [1.807, 2.05) is 6.92 Å². The van der Waals surface area contributed by atoms with Crippen molar-refractivity contribution in [1.82, 2.24) is 4.90 Å². The molecule has 0 bridgehead atoms. The lowest BCUT2D eigenvalue weighted by Crippen LogP contribution is -2.53. The van der Waals surface area contributed by atoms with Gasteiger partial charge in [0.1, 0.15) is 11.6 Å². The van der Waals surface area contributed by atoms with Gasteiger partial charge in [-0.2, -0.15) is 0 Å². The highest BCUT2D eigenvalue weighted by molar-refractivity contribution is 5.85. The molecular weight excluding hydrogens is 282 g/mol. The molecular formula is C15H23ClF2N2. The van der Waals surface area contributed by atoms with Crippen molar-refractivity contribution in [1.29, 1.82) is 0 Å². The number of rotatable bonds is 2. The van der Waals surface area contributed by atoms with E-state index in [0.717, 1.165) is 19.5 Å². The van der Waals surface area contributed by atoms with Gasteiger partial charge in [0, 0.05) is 30.7 Å². The fraction of sp³-hybridized carbons (Fsp3) is 0.600. The van der Waals surface area contributed by atoms with Gasteiger partial charge in [-0.3, -0.25) is 4.90 Å². The highest BCUT2D eigenvalue weighted by Gasteiger charge is 2.36. The molecule has 1 aromatic rings. The van der Waals surface area contributed by atoms with Gasteiger partial charge in [-0.05, 0) is 30.9 Å².